The van der Waals surface area contributed by atoms with Crippen molar-refractivity contribution >= 4 is 22.8 Å². The number of carbonyl (C=O) groups excluding carboxylic acids is 2. The Bertz CT molecular complexity index is 698. The number of aromatic amines is 1. The molecule has 23 heavy (non-hydrogen) atoms. The minimum atomic E-state index is -0.694. The van der Waals surface area contributed by atoms with E-state index in [1.165, 1.54) is 0 Å². The fraction of sp³-hybridized carbons (Fsp3) is 0.444. The van der Waals surface area contributed by atoms with Crippen molar-refractivity contribution in [3.63, 3.8) is 0 Å². The van der Waals surface area contributed by atoms with Gasteiger partial charge in [-0.2, -0.15) is 0 Å². The van der Waals surface area contributed by atoms with E-state index in [0.29, 0.717) is 6.42 Å². The summed E-state index contributed by atoms with van der Waals surface area (Å²) < 4.78 is 5.11. The molecule has 1 atom stereocenters. The van der Waals surface area contributed by atoms with Crippen LogP contribution < -0.4 is 5.32 Å². The predicted molar refractivity (Wildman–Crippen MR) is 90.0 cm³/mol. The lowest BCUT2D eigenvalue weighted by molar-refractivity contribution is -0.148. The molecule has 0 aliphatic rings. The molecule has 0 radical (unpaired) electrons. The molecule has 5 heteroatoms. The van der Waals surface area contributed by atoms with Crippen molar-refractivity contribution in [1.29, 1.82) is 0 Å². The lowest BCUT2D eigenvalue weighted by Gasteiger charge is -2.23. The van der Waals surface area contributed by atoms with Crippen LogP contribution in [0.3, 0.4) is 0 Å². The zero-order valence-corrected chi connectivity index (χ0v) is 14.1. The molecule has 0 aliphatic heterocycles. The molecule has 124 valence electrons. The molecule has 0 saturated carbocycles. The molecule has 0 unspecified atom stereocenters. The summed E-state index contributed by atoms with van der Waals surface area (Å²) in [5.74, 6) is -0.578. The standard InChI is InChI=1S/C18H24N2O3/c1-5-23-16(21)15(20-17(22)18(2,3)4)10-12-11-19-14-9-7-6-8-13(12)14/h6-9,11,15,19H,5,10H2,1-4H3,(H,20,22)/t15-/m0/s1. The number of fused-ring (bicyclic) bond motifs is 1. The maximum absolute atomic E-state index is 12.2. The van der Waals surface area contributed by atoms with Gasteiger partial charge in [-0.15, -0.1) is 0 Å². The monoisotopic (exact) mass is 316 g/mol. The van der Waals surface area contributed by atoms with Crippen molar-refractivity contribution in [2.24, 2.45) is 5.41 Å². The summed E-state index contributed by atoms with van der Waals surface area (Å²) in [6.45, 7) is 7.49. The number of hydrogen-bond donors (Lipinski definition) is 2. The van der Waals surface area contributed by atoms with Gasteiger partial charge in [-0.05, 0) is 18.6 Å². The number of para-hydroxylation sites is 1. The molecule has 1 aromatic heterocycles. The fourth-order valence-electron chi connectivity index (χ4n) is 2.33. The average Bonchev–Trinajstić information content (AvgIpc) is 2.89. The number of rotatable bonds is 5. The summed E-state index contributed by atoms with van der Waals surface area (Å²) in [5, 5.41) is 3.87. The molecule has 5 nitrogen and oxygen atoms in total. The molecule has 1 heterocycles. The minimum absolute atomic E-state index is 0.171. The summed E-state index contributed by atoms with van der Waals surface area (Å²) in [6.07, 6.45) is 2.27. The molecule has 2 aromatic rings. The number of aromatic nitrogens is 1. The molecular weight excluding hydrogens is 292 g/mol. The van der Waals surface area contributed by atoms with Gasteiger partial charge in [0.05, 0.1) is 6.61 Å². The zero-order chi connectivity index (χ0) is 17.0. The summed E-state index contributed by atoms with van der Waals surface area (Å²) >= 11 is 0. The first-order valence-corrected chi connectivity index (χ1v) is 7.85. The molecule has 2 N–H and O–H groups in total. The Hall–Kier alpha value is -2.30. The number of amides is 1. The quantitative estimate of drug-likeness (QED) is 0.833. The van der Waals surface area contributed by atoms with Gasteiger partial charge in [0.25, 0.3) is 0 Å². The Kier molecular flexibility index (Phi) is 5.08. The van der Waals surface area contributed by atoms with Gasteiger partial charge in [0.2, 0.25) is 5.91 Å². The first kappa shape index (κ1) is 17.1. The summed E-state index contributed by atoms with van der Waals surface area (Å²) in [4.78, 5) is 27.7. The summed E-state index contributed by atoms with van der Waals surface area (Å²) in [6, 6.07) is 7.18. The molecule has 0 bridgehead atoms. The van der Waals surface area contributed by atoms with Crippen LogP contribution in [0.25, 0.3) is 10.9 Å². The minimum Gasteiger partial charge on any atom is -0.464 e. The van der Waals surface area contributed by atoms with E-state index in [-0.39, 0.29) is 12.5 Å². The second-order valence-corrected chi connectivity index (χ2v) is 6.59. The smallest absolute Gasteiger partial charge is 0.328 e. The van der Waals surface area contributed by atoms with Gasteiger partial charge in [-0.3, -0.25) is 4.79 Å². The molecule has 2 rings (SSSR count). The lowest BCUT2D eigenvalue weighted by atomic mass is 9.94. The first-order chi connectivity index (χ1) is 10.8. The maximum Gasteiger partial charge on any atom is 0.328 e. The number of hydrogen-bond acceptors (Lipinski definition) is 3. The molecule has 0 fully saturated rings. The van der Waals surface area contributed by atoms with Gasteiger partial charge >= 0.3 is 5.97 Å². The van der Waals surface area contributed by atoms with Gasteiger partial charge in [-0.25, -0.2) is 4.79 Å². The van der Waals surface area contributed by atoms with Crippen LogP contribution in [0.15, 0.2) is 30.5 Å². The Morgan fingerprint density at radius 2 is 1.96 bits per heavy atom. The topological polar surface area (TPSA) is 71.2 Å². The largest absolute Gasteiger partial charge is 0.464 e. The Morgan fingerprint density at radius 3 is 2.61 bits per heavy atom. The fourth-order valence-corrected chi connectivity index (χ4v) is 2.33. The van der Waals surface area contributed by atoms with Crippen LogP contribution in [-0.2, 0) is 20.7 Å². The van der Waals surface area contributed by atoms with Crippen LogP contribution in [0.1, 0.15) is 33.3 Å². The zero-order valence-electron chi connectivity index (χ0n) is 14.1. The molecule has 1 aromatic carbocycles. The van der Waals surface area contributed by atoms with E-state index < -0.39 is 17.4 Å². The van der Waals surface area contributed by atoms with Crippen LogP contribution >= 0.6 is 0 Å². The number of nitrogens with one attached hydrogen (secondary N) is 2. The molecule has 1 amide bonds. The van der Waals surface area contributed by atoms with E-state index in [1.807, 2.05) is 51.2 Å². The Labute approximate surface area is 136 Å². The van der Waals surface area contributed by atoms with E-state index in [9.17, 15) is 9.59 Å². The van der Waals surface area contributed by atoms with Crippen molar-refractivity contribution in [3.05, 3.63) is 36.0 Å². The van der Waals surface area contributed by atoms with E-state index in [2.05, 4.69) is 10.3 Å². The molecular formula is C18H24N2O3. The number of esters is 1. The Morgan fingerprint density at radius 1 is 1.26 bits per heavy atom. The number of ether oxygens (including phenoxy) is 1. The Balaban J connectivity index is 2.23. The van der Waals surface area contributed by atoms with Crippen LogP contribution in [0.2, 0.25) is 0 Å². The normalized spacial score (nSPS) is 12.9. The SMILES string of the molecule is CCOC(=O)[C@H](Cc1c[nH]c2ccccc12)NC(=O)C(C)(C)C. The molecule has 0 aliphatic carbocycles. The van der Waals surface area contributed by atoms with Crippen molar-refractivity contribution in [2.45, 2.75) is 40.2 Å². The third-order valence-electron chi connectivity index (χ3n) is 3.66. The third-order valence-corrected chi connectivity index (χ3v) is 3.66. The highest BCUT2D eigenvalue weighted by Gasteiger charge is 2.29. The first-order valence-electron chi connectivity index (χ1n) is 7.85. The van der Waals surface area contributed by atoms with Crippen molar-refractivity contribution in [3.8, 4) is 0 Å². The third kappa shape index (κ3) is 4.12. The van der Waals surface area contributed by atoms with Crippen LogP contribution in [-0.4, -0.2) is 29.5 Å². The van der Waals surface area contributed by atoms with Crippen LogP contribution in [0, 0.1) is 5.41 Å². The van der Waals surface area contributed by atoms with Crippen LogP contribution in [0.5, 0.6) is 0 Å². The van der Waals surface area contributed by atoms with Crippen molar-refractivity contribution in [2.75, 3.05) is 6.61 Å². The molecule has 0 saturated heterocycles. The summed E-state index contributed by atoms with van der Waals surface area (Å²) in [5.41, 5.74) is 1.42. The second-order valence-electron chi connectivity index (χ2n) is 6.59. The number of carbonyl (C=O) groups is 2. The second kappa shape index (κ2) is 6.86. The van der Waals surface area contributed by atoms with E-state index in [0.717, 1.165) is 16.5 Å². The average molecular weight is 316 g/mol. The predicted octanol–water partition coefficient (Wildman–Crippen LogP) is 2.80. The van der Waals surface area contributed by atoms with Crippen molar-refractivity contribution in [1.82, 2.24) is 10.3 Å². The van der Waals surface area contributed by atoms with Crippen LogP contribution in [0.4, 0.5) is 0 Å². The van der Waals surface area contributed by atoms with Crippen molar-refractivity contribution < 1.29 is 14.3 Å². The maximum atomic E-state index is 12.2. The van der Waals surface area contributed by atoms with E-state index >= 15 is 0 Å². The van der Waals surface area contributed by atoms with Gasteiger partial charge in [-0.1, -0.05) is 39.0 Å². The summed E-state index contributed by atoms with van der Waals surface area (Å²) in [7, 11) is 0. The van der Waals surface area contributed by atoms with Gasteiger partial charge < -0.3 is 15.0 Å². The van der Waals surface area contributed by atoms with E-state index in [4.69, 9.17) is 4.74 Å². The highest BCUT2D eigenvalue weighted by atomic mass is 16.5. The van der Waals surface area contributed by atoms with Gasteiger partial charge in [0.1, 0.15) is 6.04 Å². The van der Waals surface area contributed by atoms with E-state index in [1.54, 1.807) is 6.92 Å². The highest BCUT2D eigenvalue weighted by molar-refractivity contribution is 5.89. The lowest BCUT2D eigenvalue weighted by Crippen LogP contribution is -2.47. The number of benzene rings is 1. The van der Waals surface area contributed by atoms with Gasteiger partial charge in [0.15, 0.2) is 0 Å². The number of H-pyrrole nitrogens is 1. The van der Waals surface area contributed by atoms with Gasteiger partial charge in [0, 0.05) is 28.9 Å². The molecule has 0 spiro atoms. The highest BCUT2D eigenvalue weighted by Crippen LogP contribution is 2.20.